The van der Waals surface area contributed by atoms with Crippen molar-refractivity contribution in [2.75, 3.05) is 0 Å². The van der Waals surface area contributed by atoms with Crippen LogP contribution in [0.5, 0.6) is 5.88 Å². The fourth-order valence-corrected chi connectivity index (χ4v) is 2.54. The van der Waals surface area contributed by atoms with Crippen LogP contribution in [-0.2, 0) is 30.5 Å². The molecule has 0 fully saturated rings. The summed E-state index contributed by atoms with van der Waals surface area (Å²) >= 11 is 0. The summed E-state index contributed by atoms with van der Waals surface area (Å²) in [5.41, 5.74) is 2.10. The van der Waals surface area contributed by atoms with Crippen LogP contribution in [0.25, 0.3) is 0 Å². The van der Waals surface area contributed by atoms with Crippen molar-refractivity contribution in [1.82, 2.24) is 25.2 Å². The molecular formula is C20H22F2N6O2. The van der Waals surface area contributed by atoms with E-state index in [1.54, 1.807) is 36.0 Å². The number of halogens is 2. The zero-order valence-corrected chi connectivity index (χ0v) is 16.9. The lowest BCUT2D eigenvalue weighted by Crippen LogP contribution is -2.08. The Hall–Kier alpha value is -3.43. The van der Waals surface area contributed by atoms with Gasteiger partial charge in [-0.1, -0.05) is 29.4 Å². The van der Waals surface area contributed by atoms with Crippen molar-refractivity contribution in [3.63, 3.8) is 0 Å². The van der Waals surface area contributed by atoms with E-state index in [1.165, 1.54) is 12.1 Å². The first-order chi connectivity index (χ1) is 14.4. The van der Waals surface area contributed by atoms with Gasteiger partial charge in [0.15, 0.2) is 12.4 Å². The van der Waals surface area contributed by atoms with Crippen LogP contribution in [-0.4, -0.2) is 30.9 Å². The smallest absolute Gasteiger partial charge is 0.270 e. The van der Waals surface area contributed by atoms with Crippen molar-refractivity contribution in [1.29, 1.82) is 0 Å². The lowest BCUT2D eigenvalue weighted by molar-refractivity contribution is 0.0174. The molecule has 0 spiro atoms. The van der Waals surface area contributed by atoms with E-state index in [0.717, 1.165) is 18.1 Å². The second kappa shape index (κ2) is 9.38. The molecule has 0 atom stereocenters. The Labute approximate surface area is 172 Å². The summed E-state index contributed by atoms with van der Waals surface area (Å²) in [6, 6.07) is 9.50. The molecule has 0 aliphatic carbocycles. The lowest BCUT2D eigenvalue weighted by Gasteiger charge is -2.10. The molecule has 0 saturated heterocycles. The number of alkyl halides is 2. The number of hydrogen-bond acceptors (Lipinski definition) is 7. The predicted molar refractivity (Wildman–Crippen MR) is 105 cm³/mol. The van der Waals surface area contributed by atoms with Crippen LogP contribution in [0, 0.1) is 0 Å². The van der Waals surface area contributed by atoms with E-state index < -0.39 is 5.92 Å². The van der Waals surface area contributed by atoms with Gasteiger partial charge in [-0.15, -0.1) is 5.10 Å². The molecule has 3 aromatic rings. The van der Waals surface area contributed by atoms with Crippen LogP contribution in [0.3, 0.4) is 0 Å². The molecule has 10 heteroatoms. The summed E-state index contributed by atoms with van der Waals surface area (Å²) < 4.78 is 33.7. The van der Waals surface area contributed by atoms with Crippen LogP contribution >= 0.6 is 0 Å². The van der Waals surface area contributed by atoms with Crippen molar-refractivity contribution >= 4 is 5.71 Å². The van der Waals surface area contributed by atoms with E-state index >= 15 is 0 Å². The molecule has 0 aliphatic heterocycles. The Bertz CT molecular complexity index is 982. The third kappa shape index (κ3) is 5.56. The monoisotopic (exact) mass is 416 g/mol. The summed E-state index contributed by atoms with van der Waals surface area (Å²) in [5, 5.41) is 15.4. The molecule has 8 nitrogen and oxygen atoms in total. The van der Waals surface area contributed by atoms with Crippen molar-refractivity contribution in [3.8, 4) is 5.88 Å². The summed E-state index contributed by atoms with van der Waals surface area (Å²) in [6.07, 6.45) is 1.62. The Balaban J connectivity index is 1.52. The van der Waals surface area contributed by atoms with Gasteiger partial charge in [0.1, 0.15) is 6.61 Å². The van der Waals surface area contributed by atoms with E-state index in [9.17, 15) is 8.78 Å². The van der Waals surface area contributed by atoms with Gasteiger partial charge in [0.2, 0.25) is 5.88 Å². The lowest BCUT2D eigenvalue weighted by atomic mass is 10.1. The number of ether oxygens (including phenoxy) is 1. The molecule has 0 unspecified atom stereocenters. The molecule has 158 valence electrons. The van der Waals surface area contributed by atoms with Crippen LogP contribution in [0.2, 0.25) is 0 Å². The number of aryl methyl sites for hydroxylation is 1. The van der Waals surface area contributed by atoms with Crippen molar-refractivity contribution in [2.45, 2.75) is 46.5 Å². The van der Waals surface area contributed by atoms with Crippen LogP contribution < -0.4 is 4.74 Å². The number of hydrogen-bond donors (Lipinski definition) is 0. The first-order valence-corrected chi connectivity index (χ1v) is 9.35. The van der Waals surface area contributed by atoms with Gasteiger partial charge in [-0.2, -0.15) is 0 Å². The van der Waals surface area contributed by atoms with E-state index in [2.05, 4.69) is 25.7 Å². The molecular weight excluding hydrogens is 394 g/mol. The first-order valence-electron chi connectivity index (χ1n) is 9.35. The molecule has 2 aromatic heterocycles. The minimum atomic E-state index is -2.86. The summed E-state index contributed by atoms with van der Waals surface area (Å²) in [6.45, 7) is 5.64. The zero-order valence-electron chi connectivity index (χ0n) is 16.9. The SMILES string of the molecule is CCn1nnnc1COc1ccc(/C(C)=N/OCc2ccc(C(C)(F)F)cc2)cn1. The van der Waals surface area contributed by atoms with Gasteiger partial charge in [-0.25, -0.2) is 18.4 Å². The second-order valence-corrected chi connectivity index (χ2v) is 6.62. The highest BCUT2D eigenvalue weighted by Crippen LogP contribution is 2.26. The molecule has 0 amide bonds. The molecule has 3 rings (SSSR count). The number of benzene rings is 1. The fraction of sp³-hybridized carbons (Fsp3) is 0.350. The van der Waals surface area contributed by atoms with Gasteiger partial charge in [0.25, 0.3) is 5.92 Å². The quantitative estimate of drug-likeness (QED) is 0.390. The van der Waals surface area contributed by atoms with Crippen molar-refractivity contribution in [2.24, 2.45) is 5.16 Å². The first kappa shape index (κ1) is 21.3. The third-order valence-corrected chi connectivity index (χ3v) is 4.30. The van der Waals surface area contributed by atoms with Crippen molar-refractivity contribution < 1.29 is 18.4 Å². The fourth-order valence-electron chi connectivity index (χ4n) is 2.54. The maximum absolute atomic E-state index is 13.2. The number of tetrazole rings is 1. The van der Waals surface area contributed by atoms with Crippen LogP contribution in [0.4, 0.5) is 8.78 Å². The second-order valence-electron chi connectivity index (χ2n) is 6.62. The maximum atomic E-state index is 13.2. The summed E-state index contributed by atoms with van der Waals surface area (Å²) in [4.78, 5) is 9.58. The average Bonchev–Trinajstić information content (AvgIpc) is 3.20. The van der Waals surface area contributed by atoms with Gasteiger partial charge in [-0.05, 0) is 35.9 Å². The van der Waals surface area contributed by atoms with E-state index in [1.807, 2.05) is 13.0 Å². The average molecular weight is 416 g/mol. The third-order valence-electron chi connectivity index (χ3n) is 4.30. The summed E-state index contributed by atoms with van der Waals surface area (Å²) in [7, 11) is 0. The van der Waals surface area contributed by atoms with E-state index in [4.69, 9.17) is 9.57 Å². The number of nitrogens with zero attached hydrogens (tertiary/aromatic N) is 6. The van der Waals surface area contributed by atoms with Gasteiger partial charge >= 0.3 is 0 Å². The predicted octanol–water partition coefficient (Wildman–Crippen LogP) is 3.72. The zero-order chi connectivity index (χ0) is 21.6. The Morgan fingerprint density at radius 1 is 1.13 bits per heavy atom. The molecule has 30 heavy (non-hydrogen) atoms. The van der Waals surface area contributed by atoms with Crippen molar-refractivity contribution in [3.05, 3.63) is 65.1 Å². The number of aromatic nitrogens is 5. The molecule has 0 saturated carbocycles. The molecule has 0 radical (unpaired) electrons. The van der Waals surface area contributed by atoms with Gasteiger partial charge in [-0.3, -0.25) is 0 Å². The number of rotatable bonds is 9. The standard InChI is InChI=1S/C20H22F2N6O2/c1-4-28-18(24-26-27-28)13-29-19-10-7-16(11-23-19)14(2)25-30-12-15-5-8-17(9-6-15)20(3,21)22/h5-11H,4,12-13H2,1-3H3/b25-14+. The highest BCUT2D eigenvalue weighted by Gasteiger charge is 2.23. The van der Waals surface area contributed by atoms with Crippen LogP contribution in [0.15, 0.2) is 47.8 Å². The normalized spacial score (nSPS) is 12.1. The van der Waals surface area contributed by atoms with Gasteiger partial charge in [0, 0.05) is 36.9 Å². The largest absolute Gasteiger partial charge is 0.469 e. The Kier molecular flexibility index (Phi) is 6.65. The molecule has 0 bridgehead atoms. The van der Waals surface area contributed by atoms with E-state index in [0.29, 0.717) is 24.0 Å². The Morgan fingerprint density at radius 2 is 1.90 bits per heavy atom. The van der Waals surface area contributed by atoms with Crippen LogP contribution in [0.1, 0.15) is 43.3 Å². The minimum Gasteiger partial charge on any atom is -0.469 e. The van der Waals surface area contributed by atoms with Gasteiger partial charge in [0.05, 0.1) is 5.71 Å². The van der Waals surface area contributed by atoms with E-state index in [-0.39, 0.29) is 18.8 Å². The molecule has 2 heterocycles. The van der Waals surface area contributed by atoms with Gasteiger partial charge < -0.3 is 9.57 Å². The number of oxime groups is 1. The molecule has 0 aliphatic rings. The highest BCUT2D eigenvalue weighted by molar-refractivity contribution is 5.98. The topological polar surface area (TPSA) is 87.3 Å². The Morgan fingerprint density at radius 3 is 2.53 bits per heavy atom. The molecule has 0 N–H and O–H groups in total. The minimum absolute atomic E-state index is 0.0366. The summed E-state index contributed by atoms with van der Waals surface area (Å²) in [5.74, 6) is -1.81. The number of pyridine rings is 1. The highest BCUT2D eigenvalue weighted by atomic mass is 19.3. The molecule has 1 aromatic carbocycles. The maximum Gasteiger partial charge on any atom is 0.270 e.